The lowest BCUT2D eigenvalue weighted by atomic mass is 10.0. The third kappa shape index (κ3) is 8.56. The van der Waals surface area contributed by atoms with Gasteiger partial charge in [-0.15, -0.1) is 0 Å². The molecule has 2 rings (SSSR count). The Morgan fingerprint density at radius 2 is 1.50 bits per heavy atom. The topological polar surface area (TPSA) is 230 Å². The van der Waals surface area contributed by atoms with E-state index in [0.717, 1.165) is 10.9 Å². The molecule has 13 heteroatoms. The highest BCUT2D eigenvalue weighted by Gasteiger charge is 2.32. The SMILES string of the molecule is CC(C)CC(NC(=O)C(CC(N)=O)NC(=O)C(Cc1c[nH]c2ccccc12)NC(=O)C(N)C(C)O)C(=O)O. The number of hydrogen-bond acceptors (Lipinski definition) is 7. The van der Waals surface area contributed by atoms with E-state index in [9.17, 15) is 34.2 Å². The van der Waals surface area contributed by atoms with E-state index in [1.165, 1.54) is 6.92 Å². The summed E-state index contributed by atoms with van der Waals surface area (Å²) in [6, 6.07) is 1.95. The second kappa shape index (κ2) is 13.5. The molecule has 0 saturated heterocycles. The lowest BCUT2D eigenvalue weighted by Gasteiger charge is -2.25. The maximum absolute atomic E-state index is 13.3. The fourth-order valence-electron chi connectivity index (χ4n) is 3.86. The molecule has 0 saturated carbocycles. The number of H-pyrrole nitrogens is 1. The summed E-state index contributed by atoms with van der Waals surface area (Å²) in [4.78, 5) is 65.2. The molecule has 0 aliphatic heterocycles. The van der Waals surface area contributed by atoms with Crippen molar-refractivity contribution in [3.05, 3.63) is 36.0 Å². The zero-order valence-electron chi connectivity index (χ0n) is 21.6. The van der Waals surface area contributed by atoms with E-state index in [-0.39, 0.29) is 18.8 Å². The third-order valence-corrected chi connectivity index (χ3v) is 5.91. The normalized spacial score (nSPS) is 15.2. The first-order valence-electron chi connectivity index (χ1n) is 12.2. The van der Waals surface area contributed by atoms with Crippen molar-refractivity contribution in [3.63, 3.8) is 0 Å². The van der Waals surface area contributed by atoms with Gasteiger partial charge in [0.2, 0.25) is 23.6 Å². The maximum atomic E-state index is 13.3. The number of aromatic nitrogens is 1. The third-order valence-electron chi connectivity index (χ3n) is 5.91. The summed E-state index contributed by atoms with van der Waals surface area (Å²) in [7, 11) is 0. The summed E-state index contributed by atoms with van der Waals surface area (Å²) in [5.41, 5.74) is 12.5. The van der Waals surface area contributed by atoms with Crippen LogP contribution >= 0.6 is 0 Å². The molecule has 0 aliphatic rings. The average molecular weight is 533 g/mol. The molecule has 1 heterocycles. The number of aliphatic hydroxyl groups is 1. The monoisotopic (exact) mass is 532 g/mol. The lowest BCUT2D eigenvalue weighted by molar-refractivity contribution is -0.143. The summed E-state index contributed by atoms with van der Waals surface area (Å²) in [6.45, 7) is 4.88. The van der Waals surface area contributed by atoms with Gasteiger partial charge in [0.05, 0.1) is 12.5 Å². The van der Waals surface area contributed by atoms with Crippen LogP contribution < -0.4 is 27.4 Å². The fraction of sp³-hybridized carbons (Fsp3) is 0.480. The number of primary amides is 1. The smallest absolute Gasteiger partial charge is 0.326 e. The number of aliphatic hydroxyl groups excluding tert-OH is 1. The Kier molecular flexibility index (Phi) is 10.8. The van der Waals surface area contributed by atoms with Crippen LogP contribution in [0.5, 0.6) is 0 Å². The van der Waals surface area contributed by atoms with Crippen LogP contribution in [0.25, 0.3) is 10.9 Å². The minimum absolute atomic E-state index is 0.0237. The number of carbonyl (C=O) groups excluding carboxylic acids is 4. The number of carboxylic acids is 1. The van der Waals surface area contributed by atoms with Gasteiger partial charge in [0.1, 0.15) is 24.2 Å². The van der Waals surface area contributed by atoms with Crippen LogP contribution in [0.4, 0.5) is 0 Å². The average Bonchev–Trinajstić information content (AvgIpc) is 3.24. The number of aliphatic carboxylic acids is 1. The van der Waals surface area contributed by atoms with Crippen LogP contribution in [0.3, 0.4) is 0 Å². The van der Waals surface area contributed by atoms with Gasteiger partial charge in [0, 0.05) is 23.5 Å². The van der Waals surface area contributed by atoms with E-state index in [0.29, 0.717) is 5.56 Å². The number of rotatable bonds is 14. The molecule has 0 bridgehead atoms. The zero-order valence-corrected chi connectivity index (χ0v) is 21.6. The summed E-state index contributed by atoms with van der Waals surface area (Å²) in [5, 5.41) is 27.2. The van der Waals surface area contributed by atoms with Gasteiger partial charge in [-0.1, -0.05) is 32.0 Å². The van der Waals surface area contributed by atoms with Crippen molar-refractivity contribution in [2.75, 3.05) is 0 Å². The van der Waals surface area contributed by atoms with Crippen LogP contribution in [0.1, 0.15) is 39.2 Å². The molecule has 0 aliphatic carbocycles. The summed E-state index contributed by atoms with van der Waals surface area (Å²) >= 11 is 0. The highest BCUT2D eigenvalue weighted by Crippen LogP contribution is 2.19. The molecule has 10 N–H and O–H groups in total. The van der Waals surface area contributed by atoms with E-state index in [1.54, 1.807) is 26.1 Å². The largest absolute Gasteiger partial charge is 0.480 e. The molecule has 13 nitrogen and oxygen atoms in total. The molecule has 208 valence electrons. The number of fused-ring (bicyclic) bond motifs is 1. The van der Waals surface area contributed by atoms with Crippen molar-refractivity contribution in [2.45, 2.75) is 70.3 Å². The number of carboxylic acid groups (broad SMARTS) is 1. The van der Waals surface area contributed by atoms with Gasteiger partial charge in [-0.25, -0.2) is 4.79 Å². The predicted molar refractivity (Wildman–Crippen MR) is 138 cm³/mol. The molecule has 5 unspecified atom stereocenters. The van der Waals surface area contributed by atoms with Crippen LogP contribution in [0, 0.1) is 5.92 Å². The van der Waals surface area contributed by atoms with Gasteiger partial charge >= 0.3 is 5.97 Å². The van der Waals surface area contributed by atoms with Gasteiger partial charge < -0.3 is 42.6 Å². The molecule has 1 aromatic heterocycles. The Balaban J connectivity index is 2.31. The predicted octanol–water partition coefficient (Wildman–Crippen LogP) is -1.12. The quantitative estimate of drug-likeness (QED) is 0.148. The van der Waals surface area contributed by atoms with E-state index < -0.39 is 66.3 Å². The molecule has 2 aromatic rings. The van der Waals surface area contributed by atoms with E-state index in [4.69, 9.17) is 11.5 Å². The van der Waals surface area contributed by atoms with Crippen molar-refractivity contribution in [1.82, 2.24) is 20.9 Å². The second-order valence-electron chi connectivity index (χ2n) is 9.65. The Morgan fingerprint density at radius 3 is 2.08 bits per heavy atom. The highest BCUT2D eigenvalue weighted by atomic mass is 16.4. The number of nitrogens with two attached hydrogens (primary N) is 2. The lowest BCUT2D eigenvalue weighted by Crippen LogP contribution is -2.59. The molecule has 0 fully saturated rings. The van der Waals surface area contributed by atoms with Gasteiger partial charge in [-0.3, -0.25) is 19.2 Å². The number of carbonyl (C=O) groups is 5. The first-order chi connectivity index (χ1) is 17.8. The van der Waals surface area contributed by atoms with E-state index >= 15 is 0 Å². The van der Waals surface area contributed by atoms with Crippen molar-refractivity contribution in [3.8, 4) is 0 Å². The first-order valence-corrected chi connectivity index (χ1v) is 12.2. The van der Waals surface area contributed by atoms with Gasteiger partial charge in [-0.05, 0) is 30.9 Å². The van der Waals surface area contributed by atoms with Crippen molar-refractivity contribution in [1.29, 1.82) is 0 Å². The standard InChI is InChI=1S/C25H36N6O7/c1-12(2)8-19(25(37)38)31-23(35)18(10-20(26)33)29-22(34)17(30-24(36)21(27)13(3)32)9-14-11-28-16-7-5-4-6-15(14)16/h4-7,11-13,17-19,21,28,32H,8-10,27H2,1-3H3,(H2,26,33)(H,29,34)(H,30,36)(H,31,35)(H,37,38). The van der Waals surface area contributed by atoms with Crippen molar-refractivity contribution < 1.29 is 34.2 Å². The Bertz CT molecular complexity index is 1160. The van der Waals surface area contributed by atoms with Crippen molar-refractivity contribution >= 4 is 40.5 Å². The highest BCUT2D eigenvalue weighted by molar-refractivity contribution is 5.96. The molecular weight excluding hydrogens is 496 g/mol. The summed E-state index contributed by atoms with van der Waals surface area (Å²) in [5.74, 6) is -4.79. The minimum atomic E-state index is -1.50. The van der Waals surface area contributed by atoms with Gasteiger partial charge in [0.25, 0.3) is 0 Å². The fourth-order valence-corrected chi connectivity index (χ4v) is 3.86. The minimum Gasteiger partial charge on any atom is -0.480 e. The molecule has 0 radical (unpaired) electrons. The Hall–Kier alpha value is -3.97. The van der Waals surface area contributed by atoms with Crippen LogP contribution in [-0.4, -0.2) is 75.1 Å². The molecule has 38 heavy (non-hydrogen) atoms. The summed E-state index contributed by atoms with van der Waals surface area (Å²) < 4.78 is 0. The molecular formula is C25H36N6O7. The number of nitrogens with one attached hydrogen (secondary N) is 4. The van der Waals surface area contributed by atoms with Crippen LogP contribution in [0.2, 0.25) is 0 Å². The maximum Gasteiger partial charge on any atom is 0.326 e. The second-order valence-corrected chi connectivity index (χ2v) is 9.65. The Morgan fingerprint density at radius 1 is 0.921 bits per heavy atom. The number of amides is 4. The van der Waals surface area contributed by atoms with Gasteiger partial charge in [0.15, 0.2) is 0 Å². The number of hydrogen-bond donors (Lipinski definition) is 8. The molecule has 1 aromatic carbocycles. The van der Waals surface area contributed by atoms with Gasteiger partial charge in [-0.2, -0.15) is 0 Å². The first kappa shape index (κ1) is 30.3. The molecule has 5 atom stereocenters. The number of benzene rings is 1. The summed E-state index contributed by atoms with van der Waals surface area (Å²) in [6.07, 6.45) is -0.0391. The van der Waals surface area contributed by atoms with Crippen LogP contribution in [-0.2, 0) is 30.4 Å². The zero-order chi connectivity index (χ0) is 28.6. The van der Waals surface area contributed by atoms with E-state index in [2.05, 4.69) is 20.9 Å². The molecule has 4 amide bonds. The number of aromatic amines is 1. The number of para-hydroxylation sites is 1. The Labute approximate surface area is 219 Å². The molecule has 0 spiro atoms. The van der Waals surface area contributed by atoms with Crippen molar-refractivity contribution in [2.24, 2.45) is 17.4 Å². The van der Waals surface area contributed by atoms with Crippen LogP contribution in [0.15, 0.2) is 30.5 Å². The van der Waals surface area contributed by atoms with E-state index in [1.807, 2.05) is 18.2 Å².